The molecule has 0 aliphatic carbocycles. The second kappa shape index (κ2) is 10.3. The number of halogens is 2. The van der Waals surface area contributed by atoms with Crippen LogP contribution in [-0.2, 0) is 4.79 Å². The molecule has 160 valence electrons. The van der Waals surface area contributed by atoms with Crippen LogP contribution in [0.5, 0.6) is 0 Å². The van der Waals surface area contributed by atoms with Crippen LogP contribution in [0.25, 0.3) is 0 Å². The third kappa shape index (κ3) is 5.97. The molecule has 0 aromatic heterocycles. The Balaban J connectivity index is 1.53. The van der Waals surface area contributed by atoms with Crippen molar-refractivity contribution in [3.05, 3.63) is 69.2 Å². The van der Waals surface area contributed by atoms with Crippen LogP contribution in [0.3, 0.4) is 0 Å². The summed E-state index contributed by atoms with van der Waals surface area (Å²) >= 11 is 12.2. The Kier molecular flexibility index (Phi) is 7.75. The van der Waals surface area contributed by atoms with Crippen molar-refractivity contribution < 1.29 is 9.59 Å². The van der Waals surface area contributed by atoms with Crippen molar-refractivity contribution in [2.24, 2.45) is 0 Å². The number of benzene rings is 2. The Morgan fingerprint density at radius 1 is 1.07 bits per heavy atom. The van der Waals surface area contributed by atoms with Gasteiger partial charge < -0.3 is 10.2 Å². The molecule has 0 saturated carbocycles. The average molecular weight is 448 g/mol. The van der Waals surface area contributed by atoms with Gasteiger partial charge in [-0.05, 0) is 50.1 Å². The number of hydrogen-bond donors (Lipinski definition) is 1. The van der Waals surface area contributed by atoms with Crippen molar-refractivity contribution in [2.75, 3.05) is 32.7 Å². The topological polar surface area (TPSA) is 52.7 Å². The van der Waals surface area contributed by atoms with E-state index in [0.29, 0.717) is 36.2 Å². The second-order valence-electron chi connectivity index (χ2n) is 7.75. The van der Waals surface area contributed by atoms with Gasteiger partial charge in [0.25, 0.3) is 5.91 Å². The van der Waals surface area contributed by atoms with Crippen LogP contribution < -0.4 is 5.32 Å². The van der Waals surface area contributed by atoms with Crippen molar-refractivity contribution >= 4 is 35.0 Å². The molecule has 0 bridgehead atoms. The van der Waals surface area contributed by atoms with Gasteiger partial charge in [0.05, 0.1) is 12.6 Å². The predicted molar refractivity (Wildman–Crippen MR) is 121 cm³/mol. The molecular weight excluding hydrogens is 421 g/mol. The zero-order valence-electron chi connectivity index (χ0n) is 17.3. The number of amides is 2. The minimum absolute atomic E-state index is 0.0519. The Labute approximate surface area is 187 Å². The first-order valence-corrected chi connectivity index (χ1v) is 10.9. The van der Waals surface area contributed by atoms with E-state index < -0.39 is 0 Å². The quantitative estimate of drug-likeness (QED) is 0.741. The van der Waals surface area contributed by atoms with Crippen molar-refractivity contribution in [3.8, 4) is 0 Å². The maximum Gasteiger partial charge on any atom is 0.253 e. The molecule has 1 heterocycles. The normalized spacial score (nSPS) is 16.1. The van der Waals surface area contributed by atoms with Crippen molar-refractivity contribution in [2.45, 2.75) is 26.3 Å². The minimum atomic E-state index is -0.214. The van der Waals surface area contributed by atoms with Crippen LogP contribution in [0.2, 0.25) is 10.0 Å². The number of carbonyl (C=O) groups is 2. The third-order valence-electron chi connectivity index (χ3n) is 5.31. The minimum Gasteiger partial charge on any atom is -0.348 e. The van der Waals surface area contributed by atoms with E-state index in [1.807, 2.05) is 49.1 Å². The van der Waals surface area contributed by atoms with Gasteiger partial charge >= 0.3 is 0 Å². The summed E-state index contributed by atoms with van der Waals surface area (Å²) in [6.45, 7) is 6.93. The number of nitrogens with one attached hydrogen (secondary N) is 1. The standard InChI is InChI=1S/C23H27Cl2N3O2/c1-16-5-3-6-18(13-16)23(30)28-10-4-9-27(11-12-28)15-22(29)26-17(2)20-8-7-19(24)14-21(20)25/h3,5-8,13-14,17H,4,9-12,15H2,1-2H3,(H,26,29). The van der Waals surface area contributed by atoms with Crippen LogP contribution in [0.1, 0.15) is 40.9 Å². The molecule has 2 amide bonds. The SMILES string of the molecule is Cc1cccc(C(=O)N2CCCN(CC(=O)NC(C)c3ccc(Cl)cc3Cl)CC2)c1. The summed E-state index contributed by atoms with van der Waals surface area (Å²) in [7, 11) is 0. The number of aryl methyl sites for hydroxylation is 1. The average Bonchev–Trinajstić information content (AvgIpc) is 2.92. The number of rotatable bonds is 5. The Morgan fingerprint density at radius 3 is 2.60 bits per heavy atom. The van der Waals surface area contributed by atoms with E-state index in [1.165, 1.54) is 0 Å². The molecule has 5 nitrogen and oxygen atoms in total. The van der Waals surface area contributed by atoms with Gasteiger partial charge in [0.2, 0.25) is 5.91 Å². The van der Waals surface area contributed by atoms with Crippen molar-refractivity contribution in [1.29, 1.82) is 0 Å². The first-order chi connectivity index (χ1) is 14.3. The molecule has 2 aromatic carbocycles. The summed E-state index contributed by atoms with van der Waals surface area (Å²) in [6, 6.07) is 12.7. The van der Waals surface area contributed by atoms with Gasteiger partial charge in [-0.25, -0.2) is 0 Å². The summed E-state index contributed by atoms with van der Waals surface area (Å²) in [5, 5.41) is 4.11. The van der Waals surface area contributed by atoms with E-state index in [-0.39, 0.29) is 17.9 Å². The lowest BCUT2D eigenvalue weighted by Gasteiger charge is -2.23. The number of nitrogens with zero attached hydrogens (tertiary/aromatic N) is 2. The Morgan fingerprint density at radius 2 is 1.87 bits per heavy atom. The van der Waals surface area contributed by atoms with Crippen LogP contribution in [-0.4, -0.2) is 54.3 Å². The molecule has 30 heavy (non-hydrogen) atoms. The van der Waals surface area contributed by atoms with Gasteiger partial charge in [-0.1, -0.05) is 47.0 Å². The summed E-state index contributed by atoms with van der Waals surface area (Å²) < 4.78 is 0. The predicted octanol–water partition coefficient (Wildman–Crippen LogP) is 4.33. The van der Waals surface area contributed by atoms with E-state index in [4.69, 9.17) is 23.2 Å². The molecule has 7 heteroatoms. The molecule has 3 rings (SSSR count). The van der Waals surface area contributed by atoms with Gasteiger partial charge in [-0.3, -0.25) is 14.5 Å². The number of hydrogen-bond acceptors (Lipinski definition) is 3. The van der Waals surface area contributed by atoms with Gasteiger partial charge in [0.15, 0.2) is 0 Å². The number of carbonyl (C=O) groups excluding carboxylic acids is 2. The second-order valence-corrected chi connectivity index (χ2v) is 8.59. The van der Waals surface area contributed by atoms with Crippen LogP contribution >= 0.6 is 23.2 Å². The fourth-order valence-electron chi connectivity index (χ4n) is 3.71. The molecule has 1 aliphatic rings. The molecule has 1 atom stereocenters. The highest BCUT2D eigenvalue weighted by molar-refractivity contribution is 6.35. The van der Waals surface area contributed by atoms with E-state index in [1.54, 1.807) is 12.1 Å². The maximum atomic E-state index is 12.8. The lowest BCUT2D eigenvalue weighted by molar-refractivity contribution is -0.122. The first kappa shape index (κ1) is 22.6. The Hall–Kier alpha value is -2.08. The summed E-state index contributed by atoms with van der Waals surface area (Å²) in [5.41, 5.74) is 2.62. The molecule has 2 aromatic rings. The zero-order valence-corrected chi connectivity index (χ0v) is 18.8. The van der Waals surface area contributed by atoms with Crippen molar-refractivity contribution in [3.63, 3.8) is 0 Å². The van der Waals surface area contributed by atoms with E-state index in [9.17, 15) is 9.59 Å². The highest BCUT2D eigenvalue weighted by Crippen LogP contribution is 2.26. The van der Waals surface area contributed by atoms with Gasteiger partial charge in [-0.15, -0.1) is 0 Å². The molecular formula is C23H27Cl2N3O2. The Bertz CT molecular complexity index is 919. The molecule has 1 fully saturated rings. The molecule has 1 aliphatic heterocycles. The van der Waals surface area contributed by atoms with Gasteiger partial charge in [-0.2, -0.15) is 0 Å². The molecule has 1 N–H and O–H groups in total. The zero-order chi connectivity index (χ0) is 21.7. The highest BCUT2D eigenvalue weighted by Gasteiger charge is 2.22. The van der Waals surface area contributed by atoms with E-state index in [2.05, 4.69) is 10.2 Å². The lowest BCUT2D eigenvalue weighted by atomic mass is 10.1. The van der Waals surface area contributed by atoms with E-state index >= 15 is 0 Å². The van der Waals surface area contributed by atoms with Crippen LogP contribution in [0.15, 0.2) is 42.5 Å². The van der Waals surface area contributed by atoms with Gasteiger partial charge in [0, 0.05) is 41.8 Å². The van der Waals surface area contributed by atoms with Crippen LogP contribution in [0.4, 0.5) is 0 Å². The molecule has 0 spiro atoms. The third-order valence-corrected chi connectivity index (χ3v) is 5.88. The summed E-state index contributed by atoms with van der Waals surface area (Å²) in [5.74, 6) is -0.0111. The largest absolute Gasteiger partial charge is 0.348 e. The fraction of sp³-hybridized carbons (Fsp3) is 0.391. The highest BCUT2D eigenvalue weighted by atomic mass is 35.5. The molecule has 0 radical (unpaired) electrons. The molecule has 1 saturated heterocycles. The maximum absolute atomic E-state index is 12.8. The molecule has 1 unspecified atom stereocenters. The van der Waals surface area contributed by atoms with Crippen LogP contribution in [0, 0.1) is 6.92 Å². The van der Waals surface area contributed by atoms with E-state index in [0.717, 1.165) is 29.7 Å². The smallest absolute Gasteiger partial charge is 0.253 e. The summed E-state index contributed by atoms with van der Waals surface area (Å²) in [6.07, 6.45) is 0.837. The fourth-order valence-corrected chi connectivity index (χ4v) is 4.29. The van der Waals surface area contributed by atoms with Gasteiger partial charge in [0.1, 0.15) is 0 Å². The monoisotopic (exact) mass is 447 g/mol. The summed E-state index contributed by atoms with van der Waals surface area (Å²) in [4.78, 5) is 29.3. The first-order valence-electron chi connectivity index (χ1n) is 10.2. The van der Waals surface area contributed by atoms with Crippen molar-refractivity contribution in [1.82, 2.24) is 15.1 Å². The lowest BCUT2D eigenvalue weighted by Crippen LogP contribution is -2.40.